The largest absolute Gasteiger partial charge is 0.478 e. The number of carboxylic acids is 1. The van der Waals surface area contributed by atoms with Gasteiger partial charge in [0, 0.05) is 17.6 Å². The van der Waals surface area contributed by atoms with E-state index in [1.165, 1.54) is 12.1 Å². The number of carbonyl (C=O) groups is 1. The Bertz CT molecular complexity index is 775. The molecule has 4 heteroatoms. The van der Waals surface area contributed by atoms with Crippen molar-refractivity contribution in [2.24, 2.45) is 0 Å². The van der Waals surface area contributed by atoms with Gasteiger partial charge in [0.1, 0.15) is 5.82 Å². The molecule has 0 atom stereocenters. The van der Waals surface area contributed by atoms with E-state index in [1.807, 2.05) is 6.07 Å². The van der Waals surface area contributed by atoms with Gasteiger partial charge in [-0.3, -0.25) is 0 Å². The molecular weight excluding hydrogens is 257 g/mol. The molecule has 0 radical (unpaired) electrons. The van der Waals surface area contributed by atoms with E-state index in [1.54, 1.807) is 30.3 Å². The first-order valence-corrected chi connectivity index (χ1v) is 6.21. The molecule has 0 aliphatic carbocycles. The number of H-pyrrole nitrogens is 1. The maximum atomic E-state index is 12.8. The standard InChI is InChI=1S/C16H12FNO2/c17-13-5-1-10(2-6-13)7-14-8-11-3-4-12(16(19)20)9-15(11)18-14/h1-6,8-9,18H,7H2,(H,19,20). The number of nitrogens with one attached hydrogen (secondary N) is 1. The van der Waals surface area contributed by atoms with Gasteiger partial charge in [-0.2, -0.15) is 0 Å². The maximum Gasteiger partial charge on any atom is 0.335 e. The molecule has 0 amide bonds. The molecule has 3 nitrogen and oxygen atoms in total. The lowest BCUT2D eigenvalue weighted by atomic mass is 10.1. The Morgan fingerprint density at radius 2 is 1.85 bits per heavy atom. The Hall–Kier alpha value is -2.62. The topological polar surface area (TPSA) is 53.1 Å². The molecule has 0 spiro atoms. The Kier molecular flexibility index (Phi) is 2.99. The zero-order valence-electron chi connectivity index (χ0n) is 10.6. The number of fused-ring (bicyclic) bond motifs is 1. The number of aromatic amines is 1. The molecule has 0 unspecified atom stereocenters. The van der Waals surface area contributed by atoms with Crippen molar-refractivity contribution in [3.05, 3.63) is 71.2 Å². The van der Waals surface area contributed by atoms with Crippen molar-refractivity contribution >= 4 is 16.9 Å². The van der Waals surface area contributed by atoms with Gasteiger partial charge in [0.2, 0.25) is 0 Å². The van der Waals surface area contributed by atoms with Crippen LogP contribution in [0.1, 0.15) is 21.6 Å². The molecule has 20 heavy (non-hydrogen) atoms. The normalized spacial score (nSPS) is 10.8. The zero-order valence-corrected chi connectivity index (χ0v) is 10.6. The van der Waals surface area contributed by atoms with E-state index in [-0.39, 0.29) is 11.4 Å². The van der Waals surface area contributed by atoms with Crippen molar-refractivity contribution in [3.63, 3.8) is 0 Å². The number of benzene rings is 2. The minimum atomic E-state index is -0.943. The van der Waals surface area contributed by atoms with Crippen LogP contribution >= 0.6 is 0 Å². The van der Waals surface area contributed by atoms with Crippen LogP contribution in [-0.4, -0.2) is 16.1 Å². The summed E-state index contributed by atoms with van der Waals surface area (Å²) < 4.78 is 12.8. The van der Waals surface area contributed by atoms with E-state index in [9.17, 15) is 9.18 Å². The van der Waals surface area contributed by atoms with Crippen LogP contribution in [0.2, 0.25) is 0 Å². The fraction of sp³-hybridized carbons (Fsp3) is 0.0625. The van der Waals surface area contributed by atoms with Crippen LogP contribution in [0.15, 0.2) is 48.5 Å². The molecule has 0 bridgehead atoms. The first kappa shape index (κ1) is 12.4. The van der Waals surface area contributed by atoms with Crippen molar-refractivity contribution < 1.29 is 14.3 Å². The summed E-state index contributed by atoms with van der Waals surface area (Å²) in [5.74, 6) is -1.20. The van der Waals surface area contributed by atoms with E-state index in [0.717, 1.165) is 22.2 Å². The van der Waals surface area contributed by atoms with Gasteiger partial charge in [-0.25, -0.2) is 9.18 Å². The minimum Gasteiger partial charge on any atom is -0.478 e. The molecule has 0 aliphatic rings. The summed E-state index contributed by atoms with van der Waals surface area (Å²) in [5.41, 5.74) is 3.01. The third-order valence-corrected chi connectivity index (χ3v) is 3.23. The van der Waals surface area contributed by atoms with Gasteiger partial charge in [-0.1, -0.05) is 18.2 Å². The van der Waals surface area contributed by atoms with Gasteiger partial charge < -0.3 is 10.1 Å². The first-order valence-electron chi connectivity index (χ1n) is 6.21. The first-order chi connectivity index (χ1) is 9.61. The number of rotatable bonds is 3. The molecule has 2 N–H and O–H groups in total. The summed E-state index contributed by atoms with van der Waals surface area (Å²) >= 11 is 0. The molecular formula is C16H12FNO2. The monoisotopic (exact) mass is 269 g/mol. The van der Waals surface area contributed by atoms with E-state index in [2.05, 4.69) is 4.98 Å². The van der Waals surface area contributed by atoms with Crippen LogP contribution in [0.3, 0.4) is 0 Å². The summed E-state index contributed by atoms with van der Waals surface area (Å²) in [6.07, 6.45) is 0.650. The Balaban J connectivity index is 1.92. The van der Waals surface area contributed by atoms with E-state index in [0.29, 0.717) is 6.42 Å². The molecule has 1 heterocycles. The highest BCUT2D eigenvalue weighted by Gasteiger charge is 2.06. The number of carboxylic acid groups (broad SMARTS) is 1. The molecule has 0 saturated heterocycles. The van der Waals surface area contributed by atoms with E-state index >= 15 is 0 Å². The fourth-order valence-corrected chi connectivity index (χ4v) is 2.24. The summed E-state index contributed by atoms with van der Waals surface area (Å²) in [5, 5.41) is 9.93. The number of halogens is 1. The number of hydrogen-bond donors (Lipinski definition) is 2. The fourth-order valence-electron chi connectivity index (χ4n) is 2.24. The molecule has 3 aromatic rings. The number of hydrogen-bond acceptors (Lipinski definition) is 1. The molecule has 0 saturated carbocycles. The smallest absolute Gasteiger partial charge is 0.335 e. The number of aromatic nitrogens is 1. The van der Waals surface area contributed by atoms with Gasteiger partial charge in [0.15, 0.2) is 0 Å². The van der Waals surface area contributed by atoms with Crippen LogP contribution < -0.4 is 0 Å². The number of aromatic carboxylic acids is 1. The van der Waals surface area contributed by atoms with Crippen LogP contribution in [0, 0.1) is 5.82 Å². The van der Waals surface area contributed by atoms with Crippen LogP contribution in [-0.2, 0) is 6.42 Å². The Morgan fingerprint density at radius 1 is 1.10 bits per heavy atom. The highest BCUT2D eigenvalue weighted by molar-refractivity contribution is 5.93. The van der Waals surface area contributed by atoms with Crippen molar-refractivity contribution in [1.29, 1.82) is 0 Å². The van der Waals surface area contributed by atoms with Gasteiger partial charge in [0.25, 0.3) is 0 Å². The molecule has 2 aromatic carbocycles. The maximum absolute atomic E-state index is 12.8. The van der Waals surface area contributed by atoms with Gasteiger partial charge >= 0.3 is 5.97 Å². The average molecular weight is 269 g/mol. The zero-order chi connectivity index (χ0) is 14.1. The van der Waals surface area contributed by atoms with Crippen LogP contribution in [0.5, 0.6) is 0 Å². The summed E-state index contributed by atoms with van der Waals surface area (Å²) in [6, 6.07) is 13.3. The molecule has 3 rings (SSSR count). The van der Waals surface area contributed by atoms with Crippen molar-refractivity contribution in [2.75, 3.05) is 0 Å². The second-order valence-corrected chi connectivity index (χ2v) is 4.71. The highest BCUT2D eigenvalue weighted by atomic mass is 19.1. The van der Waals surface area contributed by atoms with Gasteiger partial charge in [-0.15, -0.1) is 0 Å². The predicted molar refractivity (Wildman–Crippen MR) is 74.5 cm³/mol. The molecule has 0 aliphatic heterocycles. The lowest BCUT2D eigenvalue weighted by Crippen LogP contribution is -1.94. The second kappa shape index (κ2) is 4.81. The molecule has 0 fully saturated rings. The highest BCUT2D eigenvalue weighted by Crippen LogP contribution is 2.19. The average Bonchev–Trinajstić information content (AvgIpc) is 2.82. The third-order valence-electron chi connectivity index (χ3n) is 3.23. The molecule has 1 aromatic heterocycles. The van der Waals surface area contributed by atoms with Gasteiger partial charge in [0.05, 0.1) is 5.56 Å². The summed E-state index contributed by atoms with van der Waals surface area (Å²) in [7, 11) is 0. The van der Waals surface area contributed by atoms with Crippen molar-refractivity contribution in [3.8, 4) is 0 Å². The van der Waals surface area contributed by atoms with E-state index in [4.69, 9.17) is 5.11 Å². The quantitative estimate of drug-likeness (QED) is 0.763. The van der Waals surface area contributed by atoms with Gasteiger partial charge in [-0.05, 0) is 41.3 Å². The Labute approximate surface area is 114 Å². The van der Waals surface area contributed by atoms with Crippen molar-refractivity contribution in [2.45, 2.75) is 6.42 Å². The van der Waals surface area contributed by atoms with Crippen molar-refractivity contribution in [1.82, 2.24) is 4.98 Å². The third kappa shape index (κ3) is 2.40. The lowest BCUT2D eigenvalue weighted by Gasteiger charge is -1.98. The lowest BCUT2D eigenvalue weighted by molar-refractivity contribution is 0.0697. The minimum absolute atomic E-state index is 0.253. The molecule has 100 valence electrons. The predicted octanol–water partition coefficient (Wildman–Crippen LogP) is 3.60. The summed E-state index contributed by atoms with van der Waals surface area (Å²) in [4.78, 5) is 14.1. The van der Waals surface area contributed by atoms with Crippen LogP contribution in [0.25, 0.3) is 10.9 Å². The SMILES string of the molecule is O=C(O)c1ccc2cc(Cc3ccc(F)cc3)[nH]c2c1. The second-order valence-electron chi connectivity index (χ2n) is 4.71. The summed E-state index contributed by atoms with van der Waals surface area (Å²) in [6.45, 7) is 0. The van der Waals surface area contributed by atoms with Crippen LogP contribution in [0.4, 0.5) is 4.39 Å². The van der Waals surface area contributed by atoms with E-state index < -0.39 is 5.97 Å². The Morgan fingerprint density at radius 3 is 2.55 bits per heavy atom.